The second-order valence-corrected chi connectivity index (χ2v) is 10.2. The fraction of sp³-hybridized carbons (Fsp3) is 0.750. The smallest absolute Gasteiger partial charge is 0.396 e. The minimum atomic E-state index is -5.00. The summed E-state index contributed by atoms with van der Waals surface area (Å²) in [6.07, 6.45) is -3.89. The molecule has 34 heavy (non-hydrogen) atoms. The third kappa shape index (κ3) is 8.75. The van der Waals surface area contributed by atoms with Gasteiger partial charge < -0.3 is 35.4 Å². The first-order chi connectivity index (χ1) is 15.9. The molecule has 0 spiro atoms. The van der Waals surface area contributed by atoms with Crippen LogP contribution in [0.15, 0.2) is 21.9 Å². The first kappa shape index (κ1) is 29.0. The van der Waals surface area contributed by atoms with Crippen LogP contribution in [0, 0.1) is 5.92 Å². The molecule has 2 rings (SSSR count). The van der Waals surface area contributed by atoms with Crippen LogP contribution < -0.4 is 17.0 Å². The Labute approximate surface area is 193 Å². The van der Waals surface area contributed by atoms with E-state index in [4.69, 9.17) is 29.3 Å². The van der Waals surface area contributed by atoms with Gasteiger partial charge in [0.1, 0.15) is 18.3 Å². The monoisotopic (exact) mass is 533 g/mol. The predicted molar refractivity (Wildman–Crippen MR) is 113 cm³/mol. The molecule has 0 aliphatic carbocycles. The number of nitrogens with one attached hydrogen (secondary N) is 1. The summed E-state index contributed by atoms with van der Waals surface area (Å²) in [5, 5.41) is 20.0. The van der Waals surface area contributed by atoms with E-state index in [1.807, 2.05) is 4.98 Å². The van der Waals surface area contributed by atoms with Crippen LogP contribution in [0.2, 0.25) is 0 Å². The molecule has 4 unspecified atom stereocenters. The molecule has 0 radical (unpaired) electrons. The lowest BCUT2D eigenvalue weighted by molar-refractivity contribution is -0.0544. The van der Waals surface area contributed by atoms with Crippen molar-refractivity contribution < 1.29 is 52.3 Å². The minimum Gasteiger partial charge on any atom is -0.396 e. The van der Waals surface area contributed by atoms with Crippen molar-refractivity contribution in [3.05, 3.63) is 33.1 Å². The predicted octanol–water partition coefficient (Wildman–Crippen LogP) is -1.86. The summed E-state index contributed by atoms with van der Waals surface area (Å²) in [6, 6.07) is 0.951. The van der Waals surface area contributed by atoms with Crippen LogP contribution in [0.25, 0.3) is 0 Å². The lowest BCUT2D eigenvalue weighted by atomic mass is 10.0. The summed E-state index contributed by atoms with van der Waals surface area (Å²) in [5.41, 5.74) is 3.68. The molecular weight excluding hydrogens is 504 g/mol. The maximum Gasteiger partial charge on any atom is 0.472 e. The highest BCUT2D eigenvalue weighted by Gasteiger charge is 2.49. The molecule has 0 amide bonds. The van der Waals surface area contributed by atoms with Crippen molar-refractivity contribution >= 4 is 15.6 Å². The lowest BCUT2D eigenvalue weighted by Gasteiger charge is -2.24. The van der Waals surface area contributed by atoms with Crippen LogP contribution in [0.3, 0.4) is 0 Å². The van der Waals surface area contributed by atoms with E-state index in [1.54, 1.807) is 0 Å². The first-order valence-electron chi connectivity index (χ1n) is 10.2. The summed E-state index contributed by atoms with van der Waals surface area (Å²) < 4.78 is 44.0. The van der Waals surface area contributed by atoms with E-state index in [-0.39, 0.29) is 13.2 Å². The van der Waals surface area contributed by atoms with E-state index in [1.165, 1.54) is 0 Å². The Morgan fingerprint density at radius 2 is 1.91 bits per heavy atom. The molecule has 2 heterocycles. The van der Waals surface area contributed by atoms with Crippen LogP contribution in [-0.4, -0.2) is 79.1 Å². The molecule has 1 aliphatic rings. The first-order valence-corrected chi connectivity index (χ1v) is 13.2. The fourth-order valence-corrected chi connectivity index (χ4v) is 4.57. The van der Waals surface area contributed by atoms with Crippen molar-refractivity contribution in [2.45, 2.75) is 43.8 Å². The van der Waals surface area contributed by atoms with Gasteiger partial charge in [-0.2, -0.15) is 0 Å². The van der Waals surface area contributed by atoms with Gasteiger partial charge in [-0.3, -0.25) is 27.9 Å². The topological polar surface area (TPSA) is 253 Å². The third-order valence-electron chi connectivity index (χ3n) is 4.89. The Morgan fingerprint density at radius 1 is 1.21 bits per heavy atom. The van der Waals surface area contributed by atoms with Crippen LogP contribution in [0.1, 0.15) is 25.5 Å². The van der Waals surface area contributed by atoms with Gasteiger partial charge in [-0.05, 0) is 19.4 Å². The summed E-state index contributed by atoms with van der Waals surface area (Å²) in [7, 11) is -9.89. The number of aliphatic hydroxyl groups excluding tert-OH is 2. The van der Waals surface area contributed by atoms with E-state index >= 15 is 0 Å². The average Bonchev–Trinajstić information content (AvgIpc) is 3.03. The van der Waals surface area contributed by atoms with E-state index in [9.17, 15) is 33.8 Å². The fourth-order valence-electron chi connectivity index (χ4n) is 3.20. The average molecular weight is 533 g/mol. The van der Waals surface area contributed by atoms with Crippen molar-refractivity contribution in [2.24, 2.45) is 11.7 Å². The second-order valence-electron chi connectivity index (χ2n) is 7.53. The van der Waals surface area contributed by atoms with Gasteiger partial charge in [0, 0.05) is 24.8 Å². The number of phosphoric ester groups is 2. The number of hydrogen-bond acceptors (Lipinski definition) is 11. The maximum atomic E-state index is 12.5. The van der Waals surface area contributed by atoms with E-state index in [0.717, 1.165) is 16.8 Å². The van der Waals surface area contributed by atoms with Gasteiger partial charge in [0.2, 0.25) is 0 Å². The highest BCUT2D eigenvalue weighted by molar-refractivity contribution is 7.47. The Morgan fingerprint density at radius 3 is 2.50 bits per heavy atom. The van der Waals surface area contributed by atoms with Crippen LogP contribution in [-0.2, 0) is 27.4 Å². The number of aromatic nitrogens is 2. The van der Waals surface area contributed by atoms with Gasteiger partial charge in [-0.25, -0.2) is 13.9 Å². The van der Waals surface area contributed by atoms with Crippen molar-refractivity contribution in [3.63, 3.8) is 0 Å². The molecule has 1 saturated heterocycles. The zero-order valence-corrected chi connectivity index (χ0v) is 19.7. The molecule has 0 bridgehead atoms. The number of hydrogen-bond donors (Lipinski definition) is 7. The number of unbranched alkanes of at least 4 members (excludes halogenated alkanes) is 1. The third-order valence-corrected chi connectivity index (χ3v) is 6.37. The number of rotatable bonds is 14. The molecular formula is C16H29N3O13P2. The Balaban J connectivity index is 2.17. The second kappa shape index (κ2) is 12.6. The van der Waals surface area contributed by atoms with Crippen molar-refractivity contribution in [1.82, 2.24) is 9.55 Å². The molecule has 1 aromatic rings. The molecule has 1 aliphatic heterocycles. The molecule has 1 aromatic heterocycles. The van der Waals surface area contributed by atoms with Gasteiger partial charge in [-0.15, -0.1) is 0 Å². The van der Waals surface area contributed by atoms with Gasteiger partial charge in [0.15, 0.2) is 6.23 Å². The van der Waals surface area contributed by atoms with Crippen molar-refractivity contribution in [2.75, 3.05) is 26.4 Å². The molecule has 0 saturated carbocycles. The SMILES string of the molecule is NCCCCC(CO)COP(=O)(O)OC1C(O)[C@H](n2ccc(=O)[nH]c2=O)O[C@@H]1COP(=O)(O)O. The summed E-state index contributed by atoms with van der Waals surface area (Å²) in [4.78, 5) is 53.3. The van der Waals surface area contributed by atoms with Crippen LogP contribution in [0.5, 0.6) is 0 Å². The zero-order chi connectivity index (χ0) is 25.5. The summed E-state index contributed by atoms with van der Waals surface area (Å²) in [5.74, 6) is -0.498. The van der Waals surface area contributed by atoms with E-state index in [2.05, 4.69) is 4.52 Å². The Kier molecular flexibility index (Phi) is 10.8. The lowest BCUT2D eigenvalue weighted by Crippen LogP contribution is -2.38. The molecule has 1 fully saturated rings. The standard InChI is InChI=1S/C16H29N3O13P2/c17-5-2-1-3-10(7-20)8-30-34(27,28)32-14-11(9-29-33(24,25)26)31-15(13(14)22)19-6-4-12(21)18-16(19)23/h4,6,10-11,13-15,20,22H,1-3,5,7-9,17H2,(H,27,28)(H,18,21,23)(H2,24,25,26)/t10?,11-,13?,14?,15-/m1/s1. The number of phosphoric acid groups is 2. The molecule has 16 nitrogen and oxygen atoms in total. The largest absolute Gasteiger partial charge is 0.472 e. The van der Waals surface area contributed by atoms with Gasteiger partial charge >= 0.3 is 21.3 Å². The van der Waals surface area contributed by atoms with Crippen LogP contribution >= 0.6 is 15.6 Å². The Hall–Kier alpha value is -1.26. The summed E-state index contributed by atoms with van der Waals surface area (Å²) >= 11 is 0. The molecule has 18 heteroatoms. The maximum absolute atomic E-state index is 12.5. The van der Waals surface area contributed by atoms with Crippen molar-refractivity contribution in [3.8, 4) is 0 Å². The molecule has 8 N–H and O–H groups in total. The highest BCUT2D eigenvalue weighted by Crippen LogP contribution is 2.49. The van der Waals surface area contributed by atoms with Gasteiger partial charge in [0.05, 0.1) is 13.2 Å². The Bertz CT molecular complexity index is 995. The molecule has 0 aromatic carbocycles. The number of H-pyrrole nitrogens is 1. The highest BCUT2D eigenvalue weighted by atomic mass is 31.2. The van der Waals surface area contributed by atoms with Crippen molar-refractivity contribution in [1.29, 1.82) is 0 Å². The number of aliphatic hydroxyl groups is 2. The zero-order valence-electron chi connectivity index (χ0n) is 17.9. The van der Waals surface area contributed by atoms with Crippen LogP contribution in [0.4, 0.5) is 0 Å². The number of aromatic amines is 1. The number of nitrogens with zero attached hydrogens (tertiary/aromatic N) is 1. The van der Waals surface area contributed by atoms with Gasteiger partial charge in [0.25, 0.3) is 5.56 Å². The summed E-state index contributed by atoms with van der Waals surface area (Å²) in [6.45, 7) is -1.16. The van der Waals surface area contributed by atoms with E-state index in [0.29, 0.717) is 25.8 Å². The van der Waals surface area contributed by atoms with E-state index < -0.39 is 64.0 Å². The molecule has 6 atom stereocenters. The number of ether oxygens (including phenoxy) is 1. The number of nitrogens with two attached hydrogens (primary N) is 1. The normalized spacial score (nSPS) is 25.8. The molecule has 196 valence electrons. The minimum absolute atomic E-state index is 0.338. The van der Waals surface area contributed by atoms with Gasteiger partial charge in [-0.1, -0.05) is 6.42 Å². The quantitative estimate of drug-likeness (QED) is 0.102.